The molecule has 122 valence electrons. The highest BCUT2D eigenvalue weighted by molar-refractivity contribution is 7.48. The fourth-order valence-corrected chi connectivity index (χ4v) is 3.22. The zero-order valence-corrected chi connectivity index (χ0v) is 15.0. The summed E-state index contributed by atoms with van der Waals surface area (Å²) in [6.07, 6.45) is 6.92. The molecule has 0 aliphatic heterocycles. The summed E-state index contributed by atoms with van der Waals surface area (Å²) in [6, 6.07) is 15.9. The largest absolute Gasteiger partial charge is 0.597 e. The summed E-state index contributed by atoms with van der Waals surface area (Å²) in [5.74, 6) is 0.668. The molecule has 1 unspecified atom stereocenters. The molecule has 0 aliphatic rings. The number of unbranched alkanes of at least 4 members (excludes halogenated alkanes) is 2. The van der Waals surface area contributed by atoms with Crippen LogP contribution >= 0.6 is 8.03 Å². The van der Waals surface area contributed by atoms with Crippen LogP contribution in [0, 0.1) is 0 Å². The Morgan fingerprint density at radius 3 is 1.74 bits per heavy atom. The standard InChI is InChI=1S/C20H26O2P/c1-3-5-7-17-9-13-19(14-10-17)22-23(21)20-15-11-18(12-16-20)8-6-4-2/h9-16H,3-8H2,1-2H3/q+1. The van der Waals surface area contributed by atoms with Crippen LogP contribution in [0.1, 0.15) is 50.7 Å². The molecule has 0 spiro atoms. The predicted octanol–water partition coefficient (Wildman–Crippen LogP) is 5.82. The van der Waals surface area contributed by atoms with Crippen LogP contribution in [0.3, 0.4) is 0 Å². The van der Waals surface area contributed by atoms with E-state index < -0.39 is 8.03 Å². The molecule has 0 N–H and O–H groups in total. The molecule has 0 saturated carbocycles. The van der Waals surface area contributed by atoms with Gasteiger partial charge in [-0.1, -0.05) is 51.0 Å². The highest BCUT2D eigenvalue weighted by atomic mass is 31.1. The summed E-state index contributed by atoms with van der Waals surface area (Å²) in [4.78, 5) is 0. The molecule has 23 heavy (non-hydrogen) atoms. The fraction of sp³-hybridized carbons (Fsp3) is 0.400. The van der Waals surface area contributed by atoms with Gasteiger partial charge in [-0.05, 0) is 65.6 Å². The number of hydrogen-bond acceptors (Lipinski definition) is 2. The van der Waals surface area contributed by atoms with Gasteiger partial charge >= 0.3 is 8.03 Å². The van der Waals surface area contributed by atoms with Gasteiger partial charge in [0.1, 0.15) is 0 Å². The van der Waals surface area contributed by atoms with Crippen LogP contribution in [0.2, 0.25) is 0 Å². The minimum absolute atomic E-state index is 0.668. The second kappa shape index (κ2) is 9.47. The number of hydrogen-bond donors (Lipinski definition) is 0. The second-order valence-corrected chi connectivity index (χ2v) is 7.08. The van der Waals surface area contributed by atoms with E-state index in [1.165, 1.54) is 36.8 Å². The van der Waals surface area contributed by atoms with Gasteiger partial charge in [0, 0.05) is 0 Å². The zero-order valence-electron chi connectivity index (χ0n) is 14.1. The van der Waals surface area contributed by atoms with E-state index in [4.69, 9.17) is 4.52 Å². The lowest BCUT2D eigenvalue weighted by atomic mass is 10.1. The Morgan fingerprint density at radius 2 is 1.26 bits per heavy atom. The van der Waals surface area contributed by atoms with E-state index in [2.05, 4.69) is 38.1 Å². The number of aryl methyl sites for hydroxylation is 2. The van der Waals surface area contributed by atoms with Crippen molar-refractivity contribution in [1.82, 2.24) is 0 Å². The van der Waals surface area contributed by atoms with Gasteiger partial charge in [-0.2, -0.15) is 0 Å². The first-order valence-electron chi connectivity index (χ1n) is 8.56. The summed E-state index contributed by atoms with van der Waals surface area (Å²) in [6.45, 7) is 4.38. The smallest absolute Gasteiger partial charge is 0.250 e. The van der Waals surface area contributed by atoms with Gasteiger partial charge in [-0.3, -0.25) is 4.52 Å². The van der Waals surface area contributed by atoms with E-state index in [1.54, 1.807) is 0 Å². The minimum atomic E-state index is -1.85. The molecular weight excluding hydrogens is 303 g/mol. The lowest BCUT2D eigenvalue weighted by molar-refractivity contribution is 0.514. The van der Waals surface area contributed by atoms with Crippen molar-refractivity contribution in [2.24, 2.45) is 0 Å². The molecule has 2 rings (SSSR count). The monoisotopic (exact) mass is 329 g/mol. The third-order valence-corrected chi connectivity index (χ3v) is 4.99. The Morgan fingerprint density at radius 1 is 0.783 bits per heavy atom. The molecule has 0 radical (unpaired) electrons. The van der Waals surface area contributed by atoms with Crippen molar-refractivity contribution < 1.29 is 9.09 Å². The molecule has 0 aliphatic carbocycles. The molecule has 2 aromatic carbocycles. The predicted molar refractivity (Wildman–Crippen MR) is 98.0 cm³/mol. The third kappa shape index (κ3) is 5.80. The Labute approximate surface area is 140 Å². The van der Waals surface area contributed by atoms with Gasteiger partial charge in [0.15, 0.2) is 5.75 Å². The minimum Gasteiger partial charge on any atom is -0.250 e. The van der Waals surface area contributed by atoms with Crippen LogP contribution in [0.15, 0.2) is 48.5 Å². The van der Waals surface area contributed by atoms with Crippen molar-refractivity contribution in [2.75, 3.05) is 0 Å². The van der Waals surface area contributed by atoms with E-state index >= 15 is 0 Å². The maximum atomic E-state index is 12.3. The average Bonchev–Trinajstić information content (AvgIpc) is 2.59. The molecule has 0 amide bonds. The Bertz CT molecular complexity index is 603. The summed E-state index contributed by atoms with van der Waals surface area (Å²) in [7, 11) is -1.85. The van der Waals surface area contributed by atoms with Crippen molar-refractivity contribution in [1.29, 1.82) is 0 Å². The van der Waals surface area contributed by atoms with Crippen LogP contribution in [0.4, 0.5) is 0 Å². The summed E-state index contributed by atoms with van der Waals surface area (Å²) < 4.78 is 17.9. The summed E-state index contributed by atoms with van der Waals surface area (Å²) in [5, 5.41) is 0.746. The van der Waals surface area contributed by atoms with Crippen LogP contribution < -0.4 is 9.83 Å². The topological polar surface area (TPSA) is 26.3 Å². The SMILES string of the molecule is CCCCc1ccc(O[P+](=O)c2ccc(CCCC)cc2)cc1. The summed E-state index contributed by atoms with van der Waals surface area (Å²) in [5.41, 5.74) is 2.59. The van der Waals surface area contributed by atoms with Crippen molar-refractivity contribution in [2.45, 2.75) is 52.4 Å². The third-order valence-electron chi connectivity index (χ3n) is 3.90. The normalized spacial score (nSPS) is 11.3. The fourth-order valence-electron chi connectivity index (χ4n) is 2.41. The average molecular weight is 329 g/mol. The van der Waals surface area contributed by atoms with Crippen molar-refractivity contribution >= 4 is 13.3 Å². The van der Waals surface area contributed by atoms with Crippen LogP contribution in [-0.4, -0.2) is 0 Å². The van der Waals surface area contributed by atoms with Crippen LogP contribution in [0.5, 0.6) is 5.75 Å². The van der Waals surface area contributed by atoms with E-state index in [9.17, 15) is 4.57 Å². The highest BCUT2D eigenvalue weighted by Gasteiger charge is 2.23. The maximum absolute atomic E-state index is 12.3. The van der Waals surface area contributed by atoms with Crippen molar-refractivity contribution in [3.05, 3.63) is 59.7 Å². The molecule has 0 saturated heterocycles. The number of benzene rings is 2. The zero-order chi connectivity index (χ0) is 16.5. The van der Waals surface area contributed by atoms with Gasteiger partial charge in [-0.15, -0.1) is 0 Å². The molecule has 0 bridgehead atoms. The first kappa shape index (κ1) is 17.7. The van der Waals surface area contributed by atoms with Crippen LogP contribution in [0.25, 0.3) is 0 Å². The van der Waals surface area contributed by atoms with E-state index in [0.29, 0.717) is 5.75 Å². The van der Waals surface area contributed by atoms with Gasteiger partial charge in [0.05, 0.1) is 0 Å². The van der Waals surface area contributed by atoms with E-state index in [-0.39, 0.29) is 0 Å². The summed E-state index contributed by atoms with van der Waals surface area (Å²) >= 11 is 0. The molecule has 0 fully saturated rings. The molecule has 0 aromatic heterocycles. The first-order valence-corrected chi connectivity index (χ1v) is 9.73. The van der Waals surface area contributed by atoms with Crippen molar-refractivity contribution in [3.8, 4) is 5.75 Å². The molecule has 3 heteroatoms. The lowest BCUT2D eigenvalue weighted by Gasteiger charge is -2.00. The van der Waals surface area contributed by atoms with Gasteiger partial charge in [-0.25, -0.2) is 0 Å². The number of rotatable bonds is 9. The first-order chi connectivity index (χ1) is 11.2. The Hall–Kier alpha value is -1.66. The van der Waals surface area contributed by atoms with E-state index in [1.807, 2.05) is 24.3 Å². The molecule has 1 atom stereocenters. The molecule has 0 heterocycles. The van der Waals surface area contributed by atoms with E-state index in [0.717, 1.165) is 18.1 Å². The highest BCUT2D eigenvalue weighted by Crippen LogP contribution is 2.27. The second-order valence-electron chi connectivity index (χ2n) is 5.87. The van der Waals surface area contributed by atoms with Gasteiger partial charge < -0.3 is 0 Å². The molecule has 2 aromatic rings. The Balaban J connectivity index is 1.93. The maximum Gasteiger partial charge on any atom is 0.597 e. The van der Waals surface area contributed by atoms with Gasteiger partial charge in [0.2, 0.25) is 5.30 Å². The lowest BCUT2D eigenvalue weighted by Crippen LogP contribution is -2.00. The molecular formula is C20H26O2P+. The quantitative estimate of drug-likeness (QED) is 0.542. The van der Waals surface area contributed by atoms with Crippen LogP contribution in [-0.2, 0) is 17.4 Å². The van der Waals surface area contributed by atoms with Gasteiger partial charge in [0.25, 0.3) is 0 Å². The Kier molecular flexibility index (Phi) is 7.29. The molecule has 2 nitrogen and oxygen atoms in total. The van der Waals surface area contributed by atoms with Crippen molar-refractivity contribution in [3.63, 3.8) is 0 Å².